The van der Waals surface area contributed by atoms with Crippen molar-refractivity contribution in [2.45, 2.75) is 6.92 Å². The number of halogens is 4. The van der Waals surface area contributed by atoms with E-state index in [4.69, 9.17) is 16.3 Å². The number of carbonyl (C=O) groups excluding carboxylic acids is 1. The number of likely N-dealkylation sites (N-methyl/N-ethyl adjacent to an activating group) is 1. The molecule has 11 heteroatoms. The third-order valence-corrected chi connectivity index (χ3v) is 4.57. The van der Waals surface area contributed by atoms with Crippen LogP contribution in [0.1, 0.15) is 18.2 Å². The van der Waals surface area contributed by atoms with E-state index in [1.54, 1.807) is 13.0 Å². The minimum atomic E-state index is -0.898. The Kier molecular flexibility index (Phi) is 9.48. The number of nitrogens with zero attached hydrogens (tertiary/aromatic N) is 4. The largest absolute Gasteiger partial charge is 0.490 e. The summed E-state index contributed by atoms with van der Waals surface area (Å²) in [5.41, 5.74) is -0.307. The highest BCUT2D eigenvalue weighted by Gasteiger charge is 2.19. The average Bonchev–Trinajstić information content (AvgIpc) is 2.79. The zero-order valence-corrected chi connectivity index (χ0v) is 18.2. The highest BCUT2D eigenvalue weighted by molar-refractivity contribution is 6.32. The Morgan fingerprint density at radius 3 is 2.75 bits per heavy atom. The molecule has 0 saturated heterocycles. The molecule has 1 aromatic carbocycles. The number of benzene rings is 1. The van der Waals surface area contributed by atoms with E-state index in [0.717, 1.165) is 28.1 Å². The molecule has 0 atom stereocenters. The fourth-order valence-electron chi connectivity index (χ4n) is 2.67. The number of amides is 1. The van der Waals surface area contributed by atoms with Crippen LogP contribution in [0.15, 0.2) is 35.6 Å². The summed E-state index contributed by atoms with van der Waals surface area (Å²) >= 11 is 5.99. The zero-order chi connectivity index (χ0) is 23.7. The summed E-state index contributed by atoms with van der Waals surface area (Å²) in [6.45, 7) is 0.0796. The molecule has 1 amide bonds. The van der Waals surface area contributed by atoms with E-state index >= 15 is 0 Å². The van der Waals surface area contributed by atoms with Crippen LogP contribution in [0, 0.1) is 5.82 Å². The maximum atomic E-state index is 15.0. The Morgan fingerprint density at radius 2 is 2.16 bits per heavy atom. The number of hydrogen-bond acceptors (Lipinski definition) is 6. The van der Waals surface area contributed by atoms with E-state index in [1.807, 2.05) is 0 Å². The van der Waals surface area contributed by atoms with E-state index in [1.165, 1.54) is 19.3 Å². The first-order valence-electron chi connectivity index (χ1n) is 9.50. The lowest BCUT2D eigenvalue weighted by atomic mass is 10.1. The van der Waals surface area contributed by atoms with Crippen molar-refractivity contribution < 1.29 is 27.8 Å². The molecule has 2 aromatic rings. The van der Waals surface area contributed by atoms with E-state index in [0.29, 0.717) is 6.41 Å². The smallest absolute Gasteiger partial charge is 0.215 e. The average molecular weight is 471 g/mol. The van der Waals surface area contributed by atoms with Gasteiger partial charge in [0, 0.05) is 31.9 Å². The van der Waals surface area contributed by atoms with Gasteiger partial charge in [-0.05, 0) is 25.1 Å². The van der Waals surface area contributed by atoms with Crippen molar-refractivity contribution in [2.24, 2.45) is 5.10 Å². The van der Waals surface area contributed by atoms with Gasteiger partial charge >= 0.3 is 0 Å². The van der Waals surface area contributed by atoms with Crippen LogP contribution in [-0.2, 0) is 4.79 Å². The van der Waals surface area contributed by atoms with Crippen LogP contribution in [-0.4, -0.2) is 60.7 Å². The van der Waals surface area contributed by atoms with Gasteiger partial charge in [0.25, 0.3) is 0 Å². The van der Waals surface area contributed by atoms with Crippen molar-refractivity contribution >= 4 is 41.4 Å². The number of rotatable bonds is 10. The van der Waals surface area contributed by atoms with Crippen LogP contribution in [0.4, 0.5) is 18.9 Å². The SMILES string of the molecule is CCN(C=O)/C(CO)=N\N(C)c1cc(OCCF)c(/C(F)=C/c2ncccc2Cl)cc1F. The van der Waals surface area contributed by atoms with Crippen LogP contribution in [0.5, 0.6) is 5.75 Å². The fraction of sp³-hybridized carbons (Fsp3) is 0.286. The molecule has 2 rings (SSSR count). The van der Waals surface area contributed by atoms with Gasteiger partial charge in [0.1, 0.15) is 37.3 Å². The fourth-order valence-corrected chi connectivity index (χ4v) is 2.85. The number of ether oxygens (including phenoxy) is 1. The monoisotopic (exact) mass is 470 g/mol. The van der Waals surface area contributed by atoms with E-state index in [-0.39, 0.29) is 46.7 Å². The van der Waals surface area contributed by atoms with E-state index < -0.39 is 24.9 Å². The summed E-state index contributed by atoms with van der Waals surface area (Å²) in [6.07, 6.45) is 2.90. The molecule has 0 aliphatic heterocycles. The van der Waals surface area contributed by atoms with Gasteiger partial charge in [-0.3, -0.25) is 19.7 Å². The number of aliphatic hydroxyl groups is 1. The summed E-state index contributed by atoms with van der Waals surface area (Å²) in [5, 5.41) is 14.8. The molecule has 0 aliphatic carbocycles. The number of anilines is 1. The van der Waals surface area contributed by atoms with Gasteiger partial charge in [-0.1, -0.05) is 11.6 Å². The Hall–Kier alpha value is -3.11. The van der Waals surface area contributed by atoms with Crippen molar-refractivity contribution in [3.63, 3.8) is 0 Å². The predicted octanol–water partition coefficient (Wildman–Crippen LogP) is 3.91. The molecule has 1 aromatic heterocycles. The predicted molar refractivity (Wildman–Crippen MR) is 117 cm³/mol. The molecule has 1 heterocycles. The standard InChI is InChI=1S/C21H22ClF3N4O3/c1-3-29(13-31)21(12-30)27-28(2)19-11-20(32-8-6-23)14(9-17(19)25)16(24)10-18-15(22)5-4-7-26-18/h4-5,7,9-11,13,30H,3,6,8,12H2,1-2H3/b16-10-,27-21-. The van der Waals surface area contributed by atoms with Crippen LogP contribution < -0.4 is 9.75 Å². The maximum Gasteiger partial charge on any atom is 0.215 e. The number of hydrogen-bond donors (Lipinski definition) is 1. The molecule has 0 saturated carbocycles. The molecule has 1 N–H and O–H groups in total. The molecule has 0 unspecified atom stereocenters. The molecule has 0 aliphatic rings. The minimum Gasteiger partial charge on any atom is -0.490 e. The van der Waals surface area contributed by atoms with Crippen molar-refractivity contribution in [1.82, 2.24) is 9.88 Å². The third kappa shape index (κ3) is 6.21. The Bertz CT molecular complexity index is 1000. The minimum absolute atomic E-state index is 0.0319. The highest BCUT2D eigenvalue weighted by atomic mass is 35.5. The summed E-state index contributed by atoms with van der Waals surface area (Å²) < 4.78 is 47.8. The molecule has 7 nitrogen and oxygen atoms in total. The van der Waals surface area contributed by atoms with Gasteiger partial charge in [0.2, 0.25) is 6.41 Å². The van der Waals surface area contributed by atoms with Gasteiger partial charge in [-0.25, -0.2) is 13.2 Å². The van der Waals surface area contributed by atoms with Gasteiger partial charge < -0.3 is 9.84 Å². The first-order chi connectivity index (χ1) is 15.4. The number of carbonyl (C=O) groups is 1. The van der Waals surface area contributed by atoms with Crippen molar-refractivity contribution in [2.75, 3.05) is 38.5 Å². The second-order valence-electron chi connectivity index (χ2n) is 6.29. The number of alkyl halides is 1. The van der Waals surface area contributed by atoms with Crippen LogP contribution in [0.25, 0.3) is 11.9 Å². The lowest BCUT2D eigenvalue weighted by Gasteiger charge is -2.21. The lowest BCUT2D eigenvalue weighted by Crippen LogP contribution is -2.34. The normalized spacial score (nSPS) is 12.0. The molecule has 0 fully saturated rings. The molecule has 0 spiro atoms. The summed E-state index contributed by atoms with van der Waals surface area (Å²) in [4.78, 5) is 16.2. The topological polar surface area (TPSA) is 78.3 Å². The van der Waals surface area contributed by atoms with E-state index in [9.17, 15) is 23.1 Å². The zero-order valence-electron chi connectivity index (χ0n) is 17.4. The van der Waals surface area contributed by atoms with Crippen LogP contribution >= 0.6 is 11.6 Å². The molecule has 0 radical (unpaired) electrons. The lowest BCUT2D eigenvalue weighted by molar-refractivity contribution is -0.114. The molecule has 172 valence electrons. The number of aromatic nitrogens is 1. The number of aliphatic hydroxyl groups excluding tert-OH is 1. The number of pyridine rings is 1. The first-order valence-corrected chi connectivity index (χ1v) is 9.88. The van der Waals surface area contributed by atoms with Gasteiger partial charge in [-0.2, -0.15) is 5.10 Å². The number of amidine groups is 1. The maximum absolute atomic E-state index is 15.0. The van der Waals surface area contributed by atoms with Crippen molar-refractivity contribution in [3.05, 3.63) is 52.6 Å². The third-order valence-electron chi connectivity index (χ3n) is 4.25. The first kappa shape index (κ1) is 25.2. The molecule has 0 bridgehead atoms. The summed E-state index contributed by atoms with van der Waals surface area (Å²) in [5.74, 6) is -1.95. The second kappa shape index (κ2) is 12.1. The number of hydrazone groups is 1. The van der Waals surface area contributed by atoms with Gasteiger partial charge in [0.15, 0.2) is 5.84 Å². The van der Waals surface area contributed by atoms with Crippen molar-refractivity contribution in [1.29, 1.82) is 0 Å². The highest BCUT2D eigenvalue weighted by Crippen LogP contribution is 2.35. The second-order valence-corrected chi connectivity index (χ2v) is 6.70. The molecule has 32 heavy (non-hydrogen) atoms. The Balaban J connectivity index is 2.52. The van der Waals surface area contributed by atoms with Gasteiger partial charge in [-0.15, -0.1) is 0 Å². The quantitative estimate of drug-likeness (QED) is 0.246. The van der Waals surface area contributed by atoms with Crippen molar-refractivity contribution in [3.8, 4) is 5.75 Å². The van der Waals surface area contributed by atoms with Crippen LogP contribution in [0.3, 0.4) is 0 Å². The Morgan fingerprint density at radius 1 is 1.41 bits per heavy atom. The Labute approximate surface area is 188 Å². The summed E-state index contributed by atoms with van der Waals surface area (Å²) in [7, 11) is 1.37. The van der Waals surface area contributed by atoms with Gasteiger partial charge in [0.05, 0.1) is 22.0 Å². The van der Waals surface area contributed by atoms with Crippen LogP contribution in [0.2, 0.25) is 5.02 Å². The molecular weight excluding hydrogens is 449 g/mol. The molecular formula is C21H22ClF3N4O3. The summed E-state index contributed by atoms with van der Waals surface area (Å²) in [6, 6.07) is 5.10. The van der Waals surface area contributed by atoms with E-state index in [2.05, 4.69) is 10.1 Å².